The van der Waals surface area contributed by atoms with E-state index < -0.39 is 115 Å². The maximum absolute atomic E-state index is 13.2. The van der Waals surface area contributed by atoms with Gasteiger partial charge in [-0.1, -0.05) is 30.0 Å². The van der Waals surface area contributed by atoms with Crippen molar-refractivity contribution >= 4 is 35.9 Å². The number of carbonyl (C=O) groups is 4. The molecule has 2 amide bonds. The van der Waals surface area contributed by atoms with Crippen molar-refractivity contribution in [1.82, 2.24) is 10.6 Å². The van der Waals surface area contributed by atoms with Crippen LogP contribution in [0.3, 0.4) is 0 Å². The number of esters is 2. The fraction of sp³-hybridized carbons (Fsp3) is 0.643. The van der Waals surface area contributed by atoms with Gasteiger partial charge in [0.2, 0.25) is 4.93 Å². The molecule has 4 aliphatic rings. The Kier molecular flexibility index (Phi) is 10.5. The Morgan fingerprint density at radius 1 is 0.872 bits per heavy atom. The Hall–Kier alpha value is -3.27. The van der Waals surface area contributed by atoms with Crippen LogP contribution in [0.1, 0.15) is 12.8 Å². The second kappa shape index (κ2) is 14.1. The Morgan fingerprint density at radius 2 is 1.43 bits per heavy atom. The number of nitrogens with one attached hydrogen (secondary N) is 2. The molecule has 0 spiro atoms. The van der Waals surface area contributed by atoms with Gasteiger partial charge in [-0.2, -0.15) is 0 Å². The second-order valence-electron chi connectivity index (χ2n) is 11.3. The van der Waals surface area contributed by atoms with Crippen LogP contribution in [0.25, 0.3) is 0 Å². The third-order valence-electron chi connectivity index (χ3n) is 8.34. The predicted molar refractivity (Wildman–Crippen MR) is 152 cm³/mol. The average molecular weight is 689 g/mol. The van der Waals surface area contributed by atoms with Crippen molar-refractivity contribution in [2.45, 2.75) is 89.4 Å². The van der Waals surface area contributed by atoms with Gasteiger partial charge in [0.05, 0.1) is 45.9 Å². The number of aliphatic hydroxyl groups excluding tert-OH is 5. The molecule has 0 bridgehead atoms. The summed E-state index contributed by atoms with van der Waals surface area (Å²) in [6.07, 6.45) is -15.1. The van der Waals surface area contributed by atoms with Crippen LogP contribution in [0.2, 0.25) is 0 Å². The minimum Gasteiger partial charge on any atom is -0.466 e. The van der Waals surface area contributed by atoms with Gasteiger partial charge in [-0.15, -0.1) is 0 Å². The van der Waals surface area contributed by atoms with Crippen molar-refractivity contribution in [2.75, 3.05) is 27.4 Å². The molecule has 0 radical (unpaired) electrons. The smallest absolute Gasteiger partial charge is 0.407 e. The summed E-state index contributed by atoms with van der Waals surface area (Å²) in [7, 11) is 2.14. The van der Waals surface area contributed by atoms with Gasteiger partial charge in [-0.3, -0.25) is 0 Å². The van der Waals surface area contributed by atoms with Crippen LogP contribution < -0.4 is 10.6 Å². The van der Waals surface area contributed by atoms with Crippen LogP contribution in [0.4, 0.5) is 9.59 Å². The number of carbonyl (C=O) groups excluding carboxylic acids is 4. The fourth-order valence-corrected chi connectivity index (χ4v) is 7.27. The van der Waals surface area contributed by atoms with Gasteiger partial charge in [-0.05, 0) is 12.1 Å². The fourth-order valence-electron chi connectivity index (χ4n) is 6.03. The molecule has 4 saturated heterocycles. The zero-order chi connectivity index (χ0) is 34.1. The average Bonchev–Trinajstić information content (AvgIpc) is 3.64. The summed E-state index contributed by atoms with van der Waals surface area (Å²) in [6, 6.07) is 6.52. The highest BCUT2D eigenvalue weighted by atomic mass is 32.2. The number of rotatable bonds is 12. The van der Waals surface area contributed by atoms with Crippen LogP contribution in [-0.2, 0) is 42.7 Å². The Bertz CT molecular complexity index is 1320. The standard InChI is InChI=1S/C28H36N2O16S/c1-40-23(36)27(8-15-17(29-25(38)43-15)21(45-27)19(34)13(32)10-31)42-11-14(33)20(35)22-18-16(44-26(39)30-18)9-28(46-22,24(37)41-2)47-12-6-4-3-5-7-12/h3-7,13-22,31-35H,8-11H2,1-2H3,(H,29,38)(H,30,39)/t13-,14-,15+,16+,17-,18-,19-,20-,21-,22-,27-,28+/m1/s1. The third-order valence-corrected chi connectivity index (χ3v) is 9.61. The first-order chi connectivity index (χ1) is 22.4. The van der Waals surface area contributed by atoms with Crippen LogP contribution in [0.5, 0.6) is 0 Å². The Balaban J connectivity index is 1.39. The van der Waals surface area contributed by atoms with E-state index in [0.717, 1.165) is 26.0 Å². The Labute approximate surface area is 271 Å². The zero-order valence-corrected chi connectivity index (χ0v) is 25.9. The number of hydrogen-bond donors (Lipinski definition) is 7. The van der Waals surface area contributed by atoms with Crippen LogP contribution in [0.15, 0.2) is 35.2 Å². The highest BCUT2D eigenvalue weighted by Gasteiger charge is 2.62. The number of amides is 2. The molecular weight excluding hydrogens is 652 g/mol. The van der Waals surface area contributed by atoms with E-state index in [1.165, 1.54) is 0 Å². The third kappa shape index (κ3) is 6.85. The van der Waals surface area contributed by atoms with Gasteiger partial charge < -0.3 is 69.3 Å². The summed E-state index contributed by atoms with van der Waals surface area (Å²) in [5, 5.41) is 57.7. The van der Waals surface area contributed by atoms with E-state index in [2.05, 4.69) is 10.6 Å². The van der Waals surface area contributed by atoms with Crippen LogP contribution in [-0.4, -0.2) is 149 Å². The number of hydrogen-bond acceptors (Lipinski definition) is 17. The van der Waals surface area contributed by atoms with Crippen molar-refractivity contribution in [3.63, 3.8) is 0 Å². The van der Waals surface area contributed by atoms with E-state index in [0.29, 0.717) is 4.90 Å². The van der Waals surface area contributed by atoms with Crippen LogP contribution in [0, 0.1) is 0 Å². The summed E-state index contributed by atoms with van der Waals surface area (Å²) in [5.41, 5.74) is 0. The van der Waals surface area contributed by atoms with E-state index >= 15 is 0 Å². The molecule has 5 rings (SSSR count). The summed E-state index contributed by atoms with van der Waals surface area (Å²) in [4.78, 5) is 49.3. The molecule has 4 heterocycles. The quantitative estimate of drug-likeness (QED) is 0.0884. The van der Waals surface area contributed by atoms with Crippen molar-refractivity contribution in [1.29, 1.82) is 0 Å². The lowest BCUT2D eigenvalue weighted by Gasteiger charge is -2.46. The van der Waals surface area contributed by atoms with Crippen LogP contribution >= 0.6 is 11.8 Å². The number of fused-ring (bicyclic) bond motifs is 2. The lowest BCUT2D eigenvalue weighted by molar-refractivity contribution is -0.314. The van der Waals surface area contributed by atoms with E-state index in [1.807, 2.05) is 0 Å². The van der Waals surface area contributed by atoms with Crippen molar-refractivity contribution < 1.29 is 77.9 Å². The van der Waals surface area contributed by atoms with Gasteiger partial charge in [0.25, 0.3) is 5.79 Å². The summed E-state index contributed by atoms with van der Waals surface area (Å²) in [5.74, 6) is -4.48. The van der Waals surface area contributed by atoms with Crippen molar-refractivity contribution in [2.24, 2.45) is 0 Å². The van der Waals surface area contributed by atoms with Gasteiger partial charge in [0, 0.05) is 11.3 Å². The van der Waals surface area contributed by atoms with Gasteiger partial charge in [-0.25, -0.2) is 19.2 Å². The molecule has 4 aliphatic heterocycles. The first-order valence-electron chi connectivity index (χ1n) is 14.5. The molecule has 12 atom stereocenters. The zero-order valence-electron chi connectivity index (χ0n) is 25.1. The number of methoxy groups -OCH3 is 2. The molecule has 18 nitrogen and oxygen atoms in total. The molecular formula is C28H36N2O16S. The molecule has 47 heavy (non-hydrogen) atoms. The SMILES string of the molecule is COC(=O)[C@@]1(OC[C@@H](O)[C@@H](O)[C@@H]2O[C@@](Sc3ccccc3)(C(=O)OC)C[C@@H]3OC(=O)N[C@@H]23)C[C@@H]2OC(=O)N[C@H]2[C@H]([C@H](O)[C@H](O)CO)O1. The first kappa shape index (κ1) is 35.0. The lowest BCUT2D eigenvalue weighted by atomic mass is 9.89. The maximum Gasteiger partial charge on any atom is 0.407 e. The van der Waals surface area contributed by atoms with E-state index in [-0.39, 0.29) is 6.42 Å². The predicted octanol–water partition coefficient (Wildman–Crippen LogP) is -2.50. The topological polar surface area (TPSA) is 258 Å². The minimum atomic E-state index is -2.46. The van der Waals surface area contributed by atoms with Gasteiger partial charge in [0.1, 0.15) is 48.8 Å². The monoisotopic (exact) mass is 688 g/mol. The molecule has 1 aromatic carbocycles. The number of benzene rings is 1. The van der Waals surface area contributed by atoms with Crippen molar-refractivity contribution in [3.8, 4) is 0 Å². The van der Waals surface area contributed by atoms with E-state index in [9.17, 15) is 44.7 Å². The largest absolute Gasteiger partial charge is 0.466 e. The second-order valence-corrected chi connectivity index (χ2v) is 12.6. The molecule has 1 aromatic rings. The molecule has 0 aliphatic carbocycles. The molecule has 4 fully saturated rings. The summed E-state index contributed by atoms with van der Waals surface area (Å²) >= 11 is 0.956. The Morgan fingerprint density at radius 3 is 2.00 bits per heavy atom. The summed E-state index contributed by atoms with van der Waals surface area (Å²) in [6.45, 7) is -1.77. The minimum absolute atomic E-state index is 0.170. The lowest BCUT2D eigenvalue weighted by Crippen LogP contribution is -2.66. The number of aliphatic hydroxyl groups is 5. The highest BCUT2D eigenvalue weighted by molar-refractivity contribution is 8.01. The highest BCUT2D eigenvalue weighted by Crippen LogP contribution is 2.46. The van der Waals surface area contributed by atoms with E-state index in [4.69, 9.17) is 33.2 Å². The molecule has 0 saturated carbocycles. The maximum atomic E-state index is 13.2. The molecule has 0 unspecified atom stereocenters. The summed E-state index contributed by atoms with van der Waals surface area (Å²) < 4.78 is 38.2. The van der Waals surface area contributed by atoms with Gasteiger partial charge >= 0.3 is 24.1 Å². The van der Waals surface area contributed by atoms with E-state index in [1.54, 1.807) is 30.3 Å². The first-order valence-corrected chi connectivity index (χ1v) is 15.4. The van der Waals surface area contributed by atoms with Crippen molar-refractivity contribution in [3.05, 3.63) is 30.3 Å². The molecule has 19 heteroatoms. The number of alkyl carbamates (subject to hydrolysis) is 2. The van der Waals surface area contributed by atoms with Gasteiger partial charge in [0.15, 0.2) is 0 Å². The molecule has 260 valence electrons. The number of thioether (sulfide) groups is 1. The normalized spacial score (nSPS) is 35.5. The molecule has 0 aromatic heterocycles. The molecule has 7 N–H and O–H groups in total. The number of ether oxygens (including phenoxy) is 7.